The SMILES string of the molecule is CCc1nn(C)c2c1NC(=O)CN2c1ccc(Cl)cc1. The molecule has 104 valence electrons. The number of carbonyl (C=O) groups is 1. The molecule has 1 aromatic carbocycles. The quantitative estimate of drug-likeness (QED) is 0.925. The van der Waals surface area contributed by atoms with Crippen molar-refractivity contribution in [1.29, 1.82) is 0 Å². The number of aromatic nitrogens is 2. The Kier molecular flexibility index (Phi) is 3.14. The maximum atomic E-state index is 11.9. The van der Waals surface area contributed by atoms with E-state index in [0.29, 0.717) is 5.02 Å². The Labute approximate surface area is 122 Å². The fourth-order valence-corrected chi connectivity index (χ4v) is 2.61. The van der Waals surface area contributed by atoms with E-state index in [2.05, 4.69) is 10.4 Å². The number of hydrogen-bond acceptors (Lipinski definition) is 3. The van der Waals surface area contributed by atoms with Gasteiger partial charge in [0.25, 0.3) is 0 Å². The Morgan fingerprint density at radius 3 is 2.70 bits per heavy atom. The first-order valence-corrected chi connectivity index (χ1v) is 6.86. The van der Waals surface area contributed by atoms with Gasteiger partial charge in [-0.25, -0.2) is 0 Å². The molecule has 1 aliphatic rings. The molecule has 3 rings (SSSR count). The van der Waals surface area contributed by atoms with Crippen molar-refractivity contribution in [3.8, 4) is 0 Å². The molecule has 5 nitrogen and oxygen atoms in total. The summed E-state index contributed by atoms with van der Waals surface area (Å²) in [5, 5.41) is 8.07. The van der Waals surface area contributed by atoms with Crippen molar-refractivity contribution in [2.45, 2.75) is 13.3 Å². The van der Waals surface area contributed by atoms with E-state index >= 15 is 0 Å². The van der Waals surface area contributed by atoms with E-state index in [-0.39, 0.29) is 12.5 Å². The Bertz CT molecular complexity index is 663. The van der Waals surface area contributed by atoms with Crippen LogP contribution in [0, 0.1) is 0 Å². The highest BCUT2D eigenvalue weighted by molar-refractivity contribution is 6.30. The third-order valence-electron chi connectivity index (χ3n) is 3.38. The number of halogens is 1. The van der Waals surface area contributed by atoms with E-state index in [9.17, 15) is 4.79 Å². The highest BCUT2D eigenvalue weighted by Crippen LogP contribution is 2.37. The summed E-state index contributed by atoms with van der Waals surface area (Å²) >= 11 is 5.92. The van der Waals surface area contributed by atoms with Gasteiger partial charge in [-0.2, -0.15) is 5.10 Å². The topological polar surface area (TPSA) is 50.2 Å². The average molecular weight is 291 g/mol. The highest BCUT2D eigenvalue weighted by Gasteiger charge is 2.29. The lowest BCUT2D eigenvalue weighted by molar-refractivity contribution is -0.115. The minimum Gasteiger partial charge on any atom is -0.320 e. The molecule has 1 N–H and O–H groups in total. The van der Waals surface area contributed by atoms with Crippen LogP contribution >= 0.6 is 11.6 Å². The number of nitrogens with zero attached hydrogens (tertiary/aromatic N) is 3. The number of nitrogens with one attached hydrogen (secondary N) is 1. The summed E-state index contributed by atoms with van der Waals surface area (Å²) in [6.07, 6.45) is 0.776. The highest BCUT2D eigenvalue weighted by atomic mass is 35.5. The number of hydrogen-bond donors (Lipinski definition) is 1. The lowest BCUT2D eigenvalue weighted by Crippen LogP contribution is -2.36. The van der Waals surface area contributed by atoms with Gasteiger partial charge in [-0.05, 0) is 30.7 Å². The number of aryl methyl sites for hydroxylation is 2. The van der Waals surface area contributed by atoms with Crippen molar-refractivity contribution in [3.63, 3.8) is 0 Å². The molecule has 2 aromatic rings. The molecule has 0 fully saturated rings. The summed E-state index contributed by atoms with van der Waals surface area (Å²) in [6.45, 7) is 2.30. The summed E-state index contributed by atoms with van der Waals surface area (Å²) < 4.78 is 1.81. The molecular formula is C14H15ClN4O. The zero-order chi connectivity index (χ0) is 14.3. The zero-order valence-electron chi connectivity index (χ0n) is 11.4. The Hall–Kier alpha value is -2.01. The molecule has 0 saturated heterocycles. The van der Waals surface area contributed by atoms with E-state index < -0.39 is 0 Å². The third kappa shape index (κ3) is 2.04. The molecule has 0 unspecified atom stereocenters. The number of anilines is 3. The summed E-state index contributed by atoms with van der Waals surface area (Å²) in [5.74, 6) is 0.874. The first kappa shape index (κ1) is 13.0. The second-order valence-electron chi connectivity index (χ2n) is 4.73. The predicted molar refractivity (Wildman–Crippen MR) is 79.7 cm³/mol. The minimum atomic E-state index is -0.0323. The molecule has 0 aliphatic carbocycles. The Morgan fingerprint density at radius 1 is 1.35 bits per heavy atom. The number of fused-ring (bicyclic) bond motifs is 1. The molecule has 0 bridgehead atoms. The van der Waals surface area contributed by atoms with Crippen LogP contribution in [-0.4, -0.2) is 22.2 Å². The summed E-state index contributed by atoms with van der Waals surface area (Å²) in [7, 11) is 1.89. The molecule has 1 aromatic heterocycles. The van der Waals surface area contributed by atoms with Crippen LogP contribution in [0.2, 0.25) is 5.02 Å². The van der Waals surface area contributed by atoms with Crippen LogP contribution in [0.15, 0.2) is 24.3 Å². The summed E-state index contributed by atoms with van der Waals surface area (Å²) in [4.78, 5) is 13.9. The monoisotopic (exact) mass is 290 g/mol. The van der Waals surface area contributed by atoms with Crippen molar-refractivity contribution in [2.24, 2.45) is 7.05 Å². The number of benzene rings is 1. The lowest BCUT2D eigenvalue weighted by Gasteiger charge is -2.29. The van der Waals surface area contributed by atoms with Gasteiger partial charge >= 0.3 is 0 Å². The maximum absolute atomic E-state index is 11.9. The molecule has 0 saturated carbocycles. The fourth-order valence-electron chi connectivity index (χ4n) is 2.49. The number of amides is 1. The van der Waals surface area contributed by atoms with E-state index in [4.69, 9.17) is 11.6 Å². The summed E-state index contributed by atoms with van der Waals surface area (Å²) in [6, 6.07) is 7.45. The van der Waals surface area contributed by atoms with E-state index in [0.717, 1.165) is 29.3 Å². The van der Waals surface area contributed by atoms with Crippen LogP contribution in [0.1, 0.15) is 12.6 Å². The van der Waals surface area contributed by atoms with Gasteiger partial charge < -0.3 is 10.2 Å². The Morgan fingerprint density at radius 2 is 2.05 bits per heavy atom. The molecule has 1 aliphatic heterocycles. The molecule has 2 heterocycles. The van der Waals surface area contributed by atoms with Crippen molar-refractivity contribution in [1.82, 2.24) is 9.78 Å². The van der Waals surface area contributed by atoms with Crippen LogP contribution in [0.4, 0.5) is 17.2 Å². The smallest absolute Gasteiger partial charge is 0.244 e. The molecular weight excluding hydrogens is 276 g/mol. The van der Waals surface area contributed by atoms with Crippen LogP contribution in [0.25, 0.3) is 0 Å². The lowest BCUT2D eigenvalue weighted by atomic mass is 10.2. The van der Waals surface area contributed by atoms with Crippen molar-refractivity contribution >= 4 is 34.7 Å². The first-order chi connectivity index (χ1) is 9.60. The number of rotatable bonds is 2. The van der Waals surface area contributed by atoms with Gasteiger partial charge in [-0.15, -0.1) is 0 Å². The van der Waals surface area contributed by atoms with Crippen LogP contribution < -0.4 is 10.2 Å². The normalized spacial score (nSPS) is 14.2. The van der Waals surface area contributed by atoms with Gasteiger partial charge in [-0.3, -0.25) is 9.48 Å². The average Bonchev–Trinajstić information content (AvgIpc) is 2.75. The van der Waals surface area contributed by atoms with Gasteiger partial charge in [0, 0.05) is 17.8 Å². The summed E-state index contributed by atoms with van der Waals surface area (Å²) in [5.41, 5.74) is 2.63. The third-order valence-corrected chi connectivity index (χ3v) is 3.64. The molecule has 20 heavy (non-hydrogen) atoms. The van der Waals surface area contributed by atoms with Crippen LogP contribution in [-0.2, 0) is 18.3 Å². The zero-order valence-corrected chi connectivity index (χ0v) is 12.1. The van der Waals surface area contributed by atoms with Gasteiger partial charge in [0.2, 0.25) is 5.91 Å². The number of carbonyl (C=O) groups excluding carboxylic acids is 1. The van der Waals surface area contributed by atoms with Crippen molar-refractivity contribution in [2.75, 3.05) is 16.8 Å². The standard InChI is InChI=1S/C14H15ClN4O/c1-3-11-13-14(18(2)17-11)19(8-12(20)16-13)10-6-4-9(15)5-7-10/h4-7H,3,8H2,1-2H3,(H,16,20). The maximum Gasteiger partial charge on any atom is 0.244 e. The van der Waals surface area contributed by atoms with Crippen molar-refractivity contribution in [3.05, 3.63) is 35.0 Å². The first-order valence-electron chi connectivity index (χ1n) is 6.49. The Balaban J connectivity index is 2.12. The second-order valence-corrected chi connectivity index (χ2v) is 5.17. The van der Waals surface area contributed by atoms with E-state index in [1.54, 1.807) is 0 Å². The molecule has 1 amide bonds. The van der Waals surface area contributed by atoms with E-state index in [1.807, 2.05) is 47.8 Å². The van der Waals surface area contributed by atoms with Crippen molar-refractivity contribution < 1.29 is 4.79 Å². The minimum absolute atomic E-state index is 0.0323. The molecule has 0 atom stereocenters. The second kappa shape index (κ2) is 4.83. The van der Waals surface area contributed by atoms with Crippen LogP contribution in [0.5, 0.6) is 0 Å². The fraction of sp³-hybridized carbons (Fsp3) is 0.286. The molecule has 0 radical (unpaired) electrons. The molecule has 0 spiro atoms. The van der Waals surface area contributed by atoms with Gasteiger partial charge in [0.05, 0.1) is 5.69 Å². The largest absolute Gasteiger partial charge is 0.320 e. The van der Waals surface area contributed by atoms with Gasteiger partial charge in [-0.1, -0.05) is 18.5 Å². The van der Waals surface area contributed by atoms with E-state index in [1.165, 1.54) is 0 Å². The predicted octanol–water partition coefficient (Wildman–Crippen LogP) is 2.73. The van der Waals surface area contributed by atoms with Gasteiger partial charge in [0.15, 0.2) is 5.82 Å². The van der Waals surface area contributed by atoms with Gasteiger partial charge in [0.1, 0.15) is 12.2 Å². The molecule has 6 heteroatoms. The van der Waals surface area contributed by atoms with Crippen LogP contribution in [0.3, 0.4) is 0 Å².